The zero-order valence-corrected chi connectivity index (χ0v) is 20.5. The van der Waals surface area contributed by atoms with E-state index in [2.05, 4.69) is 10.3 Å². The third-order valence-electron chi connectivity index (χ3n) is 4.66. The van der Waals surface area contributed by atoms with Crippen LogP contribution in [0.4, 0.5) is 25.7 Å². The number of nitrogens with one attached hydrogen (secondary N) is 1. The Hall–Kier alpha value is -4.05. The number of urea groups is 1. The normalized spacial score (nSPS) is 10.9. The van der Waals surface area contributed by atoms with Gasteiger partial charge in [-0.3, -0.25) is 14.6 Å². The van der Waals surface area contributed by atoms with Gasteiger partial charge in [0.1, 0.15) is 11.6 Å². The zero-order valence-electron chi connectivity index (χ0n) is 19.7. The lowest BCUT2D eigenvalue weighted by atomic mass is 10.3. The van der Waals surface area contributed by atoms with E-state index in [1.165, 1.54) is 47.1 Å². The lowest BCUT2D eigenvalue weighted by Gasteiger charge is -2.19. The van der Waals surface area contributed by atoms with Gasteiger partial charge in [-0.2, -0.15) is 0 Å². The number of aromatic nitrogens is 1. The Balaban J connectivity index is 1.64. The van der Waals surface area contributed by atoms with Crippen LogP contribution in [-0.2, 0) is 9.59 Å². The molecule has 1 N–H and O–H groups in total. The fraction of sp³-hybridized carbons (Fsp3) is 0.200. The first-order chi connectivity index (χ1) is 16.7. The maximum atomic E-state index is 14.2. The number of anilines is 3. The quantitative estimate of drug-likeness (QED) is 0.278. The van der Waals surface area contributed by atoms with Gasteiger partial charge in [-0.25, -0.2) is 19.0 Å². The van der Waals surface area contributed by atoms with Gasteiger partial charge in [0.2, 0.25) is 5.91 Å². The molecule has 3 rings (SSSR count). The highest BCUT2D eigenvalue weighted by Crippen LogP contribution is 2.31. The highest BCUT2D eigenvalue weighted by atomic mass is 32.1. The molecule has 182 valence electrons. The summed E-state index contributed by atoms with van der Waals surface area (Å²) >= 11 is 1.14. The van der Waals surface area contributed by atoms with Crippen LogP contribution in [-0.4, -0.2) is 36.0 Å². The highest BCUT2D eigenvalue weighted by molar-refractivity contribution is 7.14. The van der Waals surface area contributed by atoms with Crippen molar-refractivity contribution in [2.24, 2.45) is 0 Å². The molecule has 2 aromatic carbocycles. The van der Waals surface area contributed by atoms with E-state index in [0.29, 0.717) is 17.1 Å². The molecule has 10 heteroatoms. The van der Waals surface area contributed by atoms with E-state index in [0.717, 1.165) is 11.3 Å². The molecule has 35 heavy (non-hydrogen) atoms. The van der Waals surface area contributed by atoms with Crippen molar-refractivity contribution in [2.45, 2.75) is 26.8 Å². The SMILES string of the molecule is CC(=O)N(c1nc(C=CC(=O)Oc2ccc(N(C)C(=O)NC(C)C)cc2)cs1)c1ccccc1F. The molecule has 0 aliphatic rings. The summed E-state index contributed by atoms with van der Waals surface area (Å²) in [6.07, 6.45) is 2.65. The smallest absolute Gasteiger partial charge is 0.336 e. The standard InChI is InChI=1S/C25H25FN4O4S/c1-16(2)27-24(33)29(4)19-10-12-20(13-11-19)34-23(32)14-9-18-15-35-25(28-18)30(17(3)31)22-8-6-5-7-21(22)26/h5-16H,1-4H3,(H,27,33). The maximum Gasteiger partial charge on any atom is 0.336 e. The van der Waals surface area contributed by atoms with Gasteiger partial charge in [-0.1, -0.05) is 12.1 Å². The number of carbonyl (C=O) groups excluding carboxylic acids is 3. The Morgan fingerprint density at radius 3 is 2.43 bits per heavy atom. The number of halogens is 1. The van der Waals surface area contributed by atoms with Crippen molar-refractivity contribution < 1.29 is 23.5 Å². The molecule has 0 fully saturated rings. The highest BCUT2D eigenvalue weighted by Gasteiger charge is 2.20. The molecule has 0 unspecified atom stereocenters. The van der Waals surface area contributed by atoms with E-state index in [1.807, 2.05) is 13.8 Å². The van der Waals surface area contributed by atoms with E-state index >= 15 is 0 Å². The lowest BCUT2D eigenvalue weighted by molar-refractivity contribution is -0.128. The number of para-hydroxylation sites is 1. The molecule has 0 atom stereocenters. The molecular weight excluding hydrogens is 471 g/mol. The first-order valence-electron chi connectivity index (χ1n) is 10.7. The van der Waals surface area contributed by atoms with Gasteiger partial charge in [-0.15, -0.1) is 11.3 Å². The van der Waals surface area contributed by atoms with E-state index in [4.69, 9.17) is 4.74 Å². The number of rotatable bonds is 7. The number of amides is 3. The Kier molecular flexibility index (Phi) is 8.32. The molecule has 0 saturated heterocycles. The predicted molar refractivity (Wildman–Crippen MR) is 135 cm³/mol. The van der Waals surface area contributed by atoms with Gasteiger partial charge in [-0.05, 0) is 56.3 Å². The van der Waals surface area contributed by atoms with Crippen LogP contribution >= 0.6 is 11.3 Å². The van der Waals surface area contributed by atoms with Gasteiger partial charge in [0.05, 0.1) is 11.4 Å². The third-order valence-corrected chi connectivity index (χ3v) is 5.50. The second-order valence-corrected chi connectivity index (χ2v) is 8.61. The molecule has 0 aliphatic carbocycles. The third kappa shape index (κ3) is 6.73. The van der Waals surface area contributed by atoms with E-state index in [1.54, 1.807) is 42.8 Å². The van der Waals surface area contributed by atoms with Gasteiger partial charge in [0, 0.05) is 37.2 Å². The molecule has 0 saturated carbocycles. The van der Waals surface area contributed by atoms with Crippen LogP contribution in [0.25, 0.3) is 6.08 Å². The number of hydrogen-bond donors (Lipinski definition) is 1. The summed E-state index contributed by atoms with van der Waals surface area (Å²) in [6.45, 7) is 5.06. The maximum absolute atomic E-state index is 14.2. The first kappa shape index (κ1) is 25.6. The van der Waals surface area contributed by atoms with Gasteiger partial charge in [0.25, 0.3) is 0 Å². The van der Waals surface area contributed by atoms with Crippen molar-refractivity contribution in [1.82, 2.24) is 10.3 Å². The summed E-state index contributed by atoms with van der Waals surface area (Å²) in [4.78, 5) is 43.4. The van der Waals surface area contributed by atoms with Gasteiger partial charge >= 0.3 is 12.0 Å². The molecule has 0 aliphatic heterocycles. The number of hydrogen-bond acceptors (Lipinski definition) is 6. The Morgan fingerprint density at radius 2 is 1.80 bits per heavy atom. The van der Waals surface area contributed by atoms with Crippen LogP contribution in [0.15, 0.2) is 60.0 Å². The monoisotopic (exact) mass is 496 g/mol. The van der Waals surface area contributed by atoms with Crippen LogP contribution in [0.5, 0.6) is 5.75 Å². The van der Waals surface area contributed by atoms with E-state index < -0.39 is 17.7 Å². The predicted octanol–water partition coefficient (Wildman–Crippen LogP) is 5.14. The van der Waals surface area contributed by atoms with Crippen LogP contribution in [0.1, 0.15) is 26.5 Å². The number of esters is 1. The van der Waals surface area contributed by atoms with E-state index in [-0.39, 0.29) is 22.9 Å². The zero-order chi connectivity index (χ0) is 25.5. The minimum atomic E-state index is -0.629. The number of nitrogens with zero attached hydrogens (tertiary/aromatic N) is 3. The second-order valence-electron chi connectivity index (χ2n) is 7.77. The van der Waals surface area contributed by atoms with Crippen molar-refractivity contribution in [3.8, 4) is 5.75 Å². The summed E-state index contributed by atoms with van der Waals surface area (Å²) in [7, 11) is 1.64. The molecular formula is C25H25FN4O4S. The fourth-order valence-electron chi connectivity index (χ4n) is 3.00. The molecule has 0 spiro atoms. The van der Waals surface area contributed by atoms with Crippen molar-refractivity contribution in [1.29, 1.82) is 0 Å². The molecule has 1 aromatic heterocycles. The summed E-state index contributed by atoms with van der Waals surface area (Å²) in [6, 6.07) is 12.2. The van der Waals surface area contributed by atoms with Crippen LogP contribution in [0, 0.1) is 5.82 Å². The van der Waals surface area contributed by atoms with Gasteiger partial charge in [0.15, 0.2) is 5.13 Å². The van der Waals surface area contributed by atoms with Crippen molar-refractivity contribution >= 4 is 51.8 Å². The lowest BCUT2D eigenvalue weighted by Crippen LogP contribution is -2.40. The van der Waals surface area contributed by atoms with Crippen LogP contribution < -0.4 is 19.9 Å². The summed E-state index contributed by atoms with van der Waals surface area (Å²) in [5, 5.41) is 4.71. The molecule has 1 heterocycles. The molecule has 3 aromatic rings. The van der Waals surface area contributed by atoms with Crippen molar-refractivity contribution in [2.75, 3.05) is 16.8 Å². The Bertz CT molecular complexity index is 1240. The number of thiazole rings is 1. The second kappa shape index (κ2) is 11.4. The number of ether oxygens (including phenoxy) is 1. The average Bonchev–Trinajstić information content (AvgIpc) is 3.27. The number of benzene rings is 2. The fourth-order valence-corrected chi connectivity index (χ4v) is 3.85. The molecule has 0 bridgehead atoms. The largest absolute Gasteiger partial charge is 0.423 e. The Labute approximate surface area is 206 Å². The topological polar surface area (TPSA) is 91.8 Å². The van der Waals surface area contributed by atoms with Gasteiger partial charge < -0.3 is 10.1 Å². The summed E-state index contributed by atoms with van der Waals surface area (Å²) < 4.78 is 19.5. The summed E-state index contributed by atoms with van der Waals surface area (Å²) in [5.41, 5.74) is 1.15. The molecule has 3 amide bonds. The minimum Gasteiger partial charge on any atom is -0.423 e. The summed E-state index contributed by atoms with van der Waals surface area (Å²) in [5.74, 6) is -1.26. The van der Waals surface area contributed by atoms with Crippen molar-refractivity contribution in [3.05, 3.63) is 71.5 Å². The number of carbonyl (C=O) groups is 3. The minimum absolute atomic E-state index is 0.0100. The van der Waals surface area contributed by atoms with Crippen LogP contribution in [0.2, 0.25) is 0 Å². The average molecular weight is 497 g/mol. The molecule has 0 radical (unpaired) electrons. The molecule has 8 nitrogen and oxygen atoms in total. The first-order valence-corrected chi connectivity index (χ1v) is 11.6. The van der Waals surface area contributed by atoms with Crippen LogP contribution in [0.3, 0.4) is 0 Å². The van der Waals surface area contributed by atoms with Crippen molar-refractivity contribution in [3.63, 3.8) is 0 Å². The van der Waals surface area contributed by atoms with E-state index in [9.17, 15) is 18.8 Å². The Morgan fingerprint density at radius 1 is 1.11 bits per heavy atom.